The second kappa shape index (κ2) is 5.69. The van der Waals surface area contributed by atoms with Gasteiger partial charge < -0.3 is 0 Å². The summed E-state index contributed by atoms with van der Waals surface area (Å²) in [5.74, 6) is 1.41. The van der Waals surface area contributed by atoms with Gasteiger partial charge >= 0.3 is 0 Å². The smallest absolute Gasteiger partial charge is 0.165 e. The Kier molecular flexibility index (Phi) is 4.21. The quantitative estimate of drug-likeness (QED) is 0.704. The SMILES string of the molecule is CCC1CCCC(C(=O)c2cc(C)cc(C)c2)C1. The molecule has 1 heteroatoms. The minimum atomic E-state index is 0.268. The second-order valence-electron chi connectivity index (χ2n) is 5.88. The molecule has 0 saturated heterocycles. The molecule has 1 aliphatic rings. The van der Waals surface area contributed by atoms with Crippen molar-refractivity contribution in [3.05, 3.63) is 34.9 Å². The maximum atomic E-state index is 12.6. The van der Waals surface area contributed by atoms with E-state index in [1.165, 1.54) is 30.4 Å². The van der Waals surface area contributed by atoms with Crippen LogP contribution in [0.1, 0.15) is 60.5 Å². The van der Waals surface area contributed by atoms with Crippen LogP contribution in [0.3, 0.4) is 0 Å². The van der Waals surface area contributed by atoms with Gasteiger partial charge in [0.2, 0.25) is 0 Å². The number of rotatable bonds is 3. The summed E-state index contributed by atoms with van der Waals surface area (Å²) in [6.07, 6.45) is 5.94. The number of hydrogen-bond donors (Lipinski definition) is 0. The topological polar surface area (TPSA) is 17.1 Å². The van der Waals surface area contributed by atoms with E-state index < -0.39 is 0 Å². The predicted molar refractivity (Wildman–Crippen MR) is 76.0 cm³/mol. The van der Waals surface area contributed by atoms with Crippen molar-refractivity contribution in [2.24, 2.45) is 11.8 Å². The van der Waals surface area contributed by atoms with Gasteiger partial charge in [-0.15, -0.1) is 0 Å². The normalized spacial score (nSPS) is 23.9. The molecule has 1 aromatic carbocycles. The van der Waals surface area contributed by atoms with E-state index in [-0.39, 0.29) is 5.92 Å². The van der Waals surface area contributed by atoms with Gasteiger partial charge in [0.25, 0.3) is 0 Å². The van der Waals surface area contributed by atoms with Crippen LogP contribution in [0.2, 0.25) is 0 Å². The average molecular weight is 244 g/mol. The van der Waals surface area contributed by atoms with Gasteiger partial charge in [0, 0.05) is 11.5 Å². The first-order chi connectivity index (χ1) is 8.60. The maximum absolute atomic E-state index is 12.6. The molecule has 1 aliphatic carbocycles. The monoisotopic (exact) mass is 244 g/mol. The molecule has 98 valence electrons. The molecule has 0 heterocycles. The largest absolute Gasteiger partial charge is 0.294 e. The number of ketones is 1. The molecule has 0 amide bonds. The van der Waals surface area contributed by atoms with Gasteiger partial charge in [0.05, 0.1) is 0 Å². The van der Waals surface area contributed by atoms with Crippen molar-refractivity contribution in [1.29, 1.82) is 0 Å². The van der Waals surface area contributed by atoms with Crippen molar-refractivity contribution in [2.45, 2.75) is 52.9 Å². The Balaban J connectivity index is 2.15. The van der Waals surface area contributed by atoms with Crippen LogP contribution in [-0.4, -0.2) is 5.78 Å². The van der Waals surface area contributed by atoms with Crippen LogP contribution in [0.5, 0.6) is 0 Å². The number of aryl methyl sites for hydroxylation is 2. The highest BCUT2D eigenvalue weighted by atomic mass is 16.1. The summed E-state index contributed by atoms with van der Waals surface area (Å²) in [6, 6.07) is 6.22. The number of carbonyl (C=O) groups is 1. The summed E-state index contributed by atoms with van der Waals surface area (Å²) in [4.78, 5) is 12.6. The molecule has 1 aromatic rings. The minimum absolute atomic E-state index is 0.268. The molecule has 0 spiro atoms. The second-order valence-corrected chi connectivity index (χ2v) is 5.88. The standard InChI is InChI=1S/C17H24O/c1-4-14-6-5-7-15(11-14)17(18)16-9-12(2)8-13(3)10-16/h8-10,14-15H,4-7,11H2,1-3H3. The third-order valence-corrected chi connectivity index (χ3v) is 4.24. The third-order valence-electron chi connectivity index (χ3n) is 4.24. The number of Topliss-reactive ketones (excluding diaryl/α,β-unsaturated/α-hetero) is 1. The van der Waals surface area contributed by atoms with Crippen LogP contribution in [0, 0.1) is 25.7 Å². The zero-order valence-corrected chi connectivity index (χ0v) is 11.8. The predicted octanol–water partition coefficient (Wildman–Crippen LogP) is 4.70. The third kappa shape index (κ3) is 3.01. The zero-order chi connectivity index (χ0) is 13.1. The highest BCUT2D eigenvalue weighted by Gasteiger charge is 2.27. The lowest BCUT2D eigenvalue weighted by Gasteiger charge is -2.27. The lowest BCUT2D eigenvalue weighted by atomic mass is 9.77. The van der Waals surface area contributed by atoms with E-state index in [0.717, 1.165) is 24.3 Å². The Morgan fingerprint density at radius 1 is 1.17 bits per heavy atom. The van der Waals surface area contributed by atoms with Gasteiger partial charge in [-0.2, -0.15) is 0 Å². The van der Waals surface area contributed by atoms with Crippen molar-refractivity contribution >= 4 is 5.78 Å². The fraction of sp³-hybridized carbons (Fsp3) is 0.588. The number of carbonyl (C=O) groups excluding carboxylic acids is 1. The number of hydrogen-bond acceptors (Lipinski definition) is 1. The Hall–Kier alpha value is -1.11. The van der Waals surface area contributed by atoms with E-state index in [0.29, 0.717) is 5.78 Å². The van der Waals surface area contributed by atoms with Crippen LogP contribution in [0.4, 0.5) is 0 Å². The molecule has 0 N–H and O–H groups in total. The summed E-state index contributed by atoms with van der Waals surface area (Å²) >= 11 is 0. The van der Waals surface area contributed by atoms with Gasteiger partial charge in [-0.05, 0) is 44.7 Å². The molecule has 1 fully saturated rings. The summed E-state index contributed by atoms with van der Waals surface area (Å²) in [6.45, 7) is 6.38. The molecule has 2 rings (SSSR count). The Bertz CT molecular complexity index is 413. The fourth-order valence-electron chi connectivity index (χ4n) is 3.25. The van der Waals surface area contributed by atoms with E-state index in [9.17, 15) is 4.79 Å². The molecular weight excluding hydrogens is 220 g/mol. The van der Waals surface area contributed by atoms with Crippen LogP contribution < -0.4 is 0 Å². The first-order valence-electron chi connectivity index (χ1n) is 7.22. The summed E-state index contributed by atoms with van der Waals surface area (Å²) in [5.41, 5.74) is 3.32. The van der Waals surface area contributed by atoms with E-state index in [2.05, 4.69) is 26.8 Å². The molecule has 2 unspecified atom stereocenters. The van der Waals surface area contributed by atoms with Crippen molar-refractivity contribution in [3.8, 4) is 0 Å². The van der Waals surface area contributed by atoms with E-state index >= 15 is 0 Å². The van der Waals surface area contributed by atoms with Crippen molar-refractivity contribution in [2.75, 3.05) is 0 Å². The van der Waals surface area contributed by atoms with Gasteiger partial charge in [-0.25, -0.2) is 0 Å². The maximum Gasteiger partial charge on any atom is 0.165 e. The van der Waals surface area contributed by atoms with Crippen LogP contribution in [-0.2, 0) is 0 Å². The zero-order valence-electron chi connectivity index (χ0n) is 11.8. The Labute approximate surface area is 111 Å². The summed E-state index contributed by atoms with van der Waals surface area (Å²) in [5, 5.41) is 0. The highest BCUT2D eigenvalue weighted by molar-refractivity contribution is 5.98. The molecule has 18 heavy (non-hydrogen) atoms. The van der Waals surface area contributed by atoms with Crippen LogP contribution >= 0.6 is 0 Å². The first-order valence-corrected chi connectivity index (χ1v) is 7.22. The van der Waals surface area contributed by atoms with Crippen LogP contribution in [0.25, 0.3) is 0 Å². The lowest BCUT2D eigenvalue weighted by Crippen LogP contribution is -2.23. The van der Waals surface area contributed by atoms with E-state index in [1.807, 2.05) is 12.1 Å². The minimum Gasteiger partial charge on any atom is -0.294 e. The van der Waals surface area contributed by atoms with Crippen molar-refractivity contribution in [1.82, 2.24) is 0 Å². The van der Waals surface area contributed by atoms with E-state index in [4.69, 9.17) is 0 Å². The van der Waals surface area contributed by atoms with Gasteiger partial charge in [0.1, 0.15) is 0 Å². The van der Waals surface area contributed by atoms with E-state index in [1.54, 1.807) is 0 Å². The Morgan fingerprint density at radius 3 is 2.44 bits per heavy atom. The van der Waals surface area contributed by atoms with Gasteiger partial charge in [-0.3, -0.25) is 4.79 Å². The fourth-order valence-corrected chi connectivity index (χ4v) is 3.25. The molecule has 2 atom stereocenters. The van der Waals surface area contributed by atoms with Crippen LogP contribution in [0.15, 0.2) is 18.2 Å². The molecule has 1 nitrogen and oxygen atoms in total. The van der Waals surface area contributed by atoms with Gasteiger partial charge in [0.15, 0.2) is 5.78 Å². The average Bonchev–Trinajstić information content (AvgIpc) is 2.37. The van der Waals surface area contributed by atoms with Crippen molar-refractivity contribution < 1.29 is 4.79 Å². The summed E-state index contributed by atoms with van der Waals surface area (Å²) in [7, 11) is 0. The highest BCUT2D eigenvalue weighted by Crippen LogP contribution is 2.33. The molecule has 1 saturated carbocycles. The lowest BCUT2D eigenvalue weighted by molar-refractivity contribution is 0.0862. The molecule has 0 aliphatic heterocycles. The molecular formula is C17H24O. The number of benzene rings is 1. The summed E-state index contributed by atoms with van der Waals surface area (Å²) < 4.78 is 0. The Morgan fingerprint density at radius 2 is 1.83 bits per heavy atom. The molecule has 0 radical (unpaired) electrons. The molecule has 0 bridgehead atoms. The van der Waals surface area contributed by atoms with Gasteiger partial charge in [-0.1, -0.05) is 43.4 Å². The van der Waals surface area contributed by atoms with Crippen molar-refractivity contribution in [3.63, 3.8) is 0 Å². The molecule has 0 aromatic heterocycles. The first kappa shape index (κ1) is 13.3.